The van der Waals surface area contributed by atoms with Crippen LogP contribution in [0.3, 0.4) is 0 Å². The van der Waals surface area contributed by atoms with Gasteiger partial charge in [-0.05, 0) is 57.2 Å². The quantitative estimate of drug-likeness (QED) is 0.759. The van der Waals surface area contributed by atoms with Crippen molar-refractivity contribution in [2.24, 2.45) is 5.92 Å². The maximum absolute atomic E-state index is 12.7. The van der Waals surface area contributed by atoms with Crippen molar-refractivity contribution in [3.8, 4) is 0 Å². The van der Waals surface area contributed by atoms with Gasteiger partial charge in [-0.1, -0.05) is 0 Å². The van der Waals surface area contributed by atoms with E-state index in [9.17, 15) is 14.4 Å². The number of carbonyl (C=O) groups is 3. The average molecular weight is 358 g/mol. The lowest BCUT2D eigenvalue weighted by Gasteiger charge is -2.25. The molecule has 0 saturated carbocycles. The molecule has 2 aliphatic heterocycles. The number of amides is 3. The van der Waals surface area contributed by atoms with Gasteiger partial charge in [0.05, 0.1) is 11.1 Å². The summed E-state index contributed by atoms with van der Waals surface area (Å²) in [7, 11) is 1.78. The third kappa shape index (κ3) is 3.51. The number of hydrogen-bond acceptors (Lipinski definition) is 4. The lowest BCUT2D eigenvalue weighted by Crippen LogP contribution is -2.35. The number of fused-ring (bicyclic) bond motifs is 1. The van der Waals surface area contributed by atoms with Crippen molar-refractivity contribution in [2.75, 3.05) is 26.8 Å². The largest absolute Gasteiger partial charge is 0.381 e. The summed E-state index contributed by atoms with van der Waals surface area (Å²) in [6.07, 6.45) is 3.04. The van der Waals surface area contributed by atoms with Gasteiger partial charge in [0.2, 0.25) is 0 Å². The Morgan fingerprint density at radius 3 is 2.50 bits per heavy atom. The predicted molar refractivity (Wildman–Crippen MR) is 97.2 cm³/mol. The zero-order valence-electron chi connectivity index (χ0n) is 15.7. The molecule has 26 heavy (non-hydrogen) atoms. The van der Waals surface area contributed by atoms with Crippen LogP contribution < -0.4 is 0 Å². The van der Waals surface area contributed by atoms with E-state index in [1.54, 1.807) is 44.0 Å². The molecule has 0 aromatic heterocycles. The van der Waals surface area contributed by atoms with Gasteiger partial charge in [-0.25, -0.2) is 0 Å². The third-order valence-electron chi connectivity index (χ3n) is 5.24. The molecule has 0 radical (unpaired) electrons. The Kier molecular flexibility index (Phi) is 5.41. The molecule has 0 N–H and O–H groups in total. The molecule has 6 heteroatoms. The molecule has 0 unspecified atom stereocenters. The van der Waals surface area contributed by atoms with Crippen LogP contribution in [0.15, 0.2) is 18.2 Å². The molecule has 0 aliphatic carbocycles. The number of hydrogen-bond donors (Lipinski definition) is 0. The topological polar surface area (TPSA) is 66.9 Å². The first-order valence-electron chi connectivity index (χ1n) is 9.25. The summed E-state index contributed by atoms with van der Waals surface area (Å²) < 4.78 is 5.37. The summed E-state index contributed by atoms with van der Waals surface area (Å²) in [5.41, 5.74) is 1.16. The number of benzene rings is 1. The van der Waals surface area contributed by atoms with Crippen molar-refractivity contribution in [3.63, 3.8) is 0 Å². The highest BCUT2D eigenvalue weighted by molar-refractivity contribution is 6.22. The van der Waals surface area contributed by atoms with E-state index in [1.807, 2.05) is 0 Å². The van der Waals surface area contributed by atoms with E-state index in [4.69, 9.17) is 4.74 Å². The molecule has 0 bridgehead atoms. The van der Waals surface area contributed by atoms with E-state index in [0.717, 1.165) is 32.5 Å². The molecule has 1 saturated heterocycles. The number of carbonyl (C=O) groups excluding carboxylic acids is 3. The van der Waals surface area contributed by atoms with Crippen LogP contribution in [0.1, 0.15) is 64.2 Å². The summed E-state index contributed by atoms with van der Waals surface area (Å²) in [4.78, 5) is 40.5. The average Bonchev–Trinajstić information content (AvgIpc) is 2.90. The van der Waals surface area contributed by atoms with Crippen LogP contribution in [0.25, 0.3) is 0 Å². The highest BCUT2D eigenvalue weighted by atomic mass is 16.5. The van der Waals surface area contributed by atoms with E-state index >= 15 is 0 Å². The lowest BCUT2D eigenvalue weighted by atomic mass is 9.96. The number of nitrogens with zero attached hydrogens (tertiary/aromatic N) is 2. The standard InChI is InChI=1S/C20H26N2O4/c1-13(2)22-19(24)16-5-4-15(12-17(16)20(22)25)18(23)21(3)9-6-14-7-10-26-11-8-14/h4-5,12-14H,6-11H2,1-3H3. The first-order chi connectivity index (χ1) is 12.4. The zero-order valence-corrected chi connectivity index (χ0v) is 15.7. The van der Waals surface area contributed by atoms with Crippen molar-refractivity contribution in [2.45, 2.75) is 39.2 Å². The Balaban J connectivity index is 1.69. The second kappa shape index (κ2) is 7.58. The molecule has 2 aliphatic rings. The van der Waals surface area contributed by atoms with Crippen LogP contribution in [0.2, 0.25) is 0 Å². The minimum atomic E-state index is -0.320. The van der Waals surface area contributed by atoms with Gasteiger partial charge in [-0.3, -0.25) is 19.3 Å². The van der Waals surface area contributed by atoms with Gasteiger partial charge in [-0.2, -0.15) is 0 Å². The van der Waals surface area contributed by atoms with Gasteiger partial charge in [0.25, 0.3) is 17.7 Å². The fraction of sp³-hybridized carbons (Fsp3) is 0.550. The Labute approximate surface area is 154 Å². The van der Waals surface area contributed by atoms with E-state index < -0.39 is 0 Å². The summed E-state index contributed by atoms with van der Waals surface area (Å²) in [6, 6.07) is 4.59. The summed E-state index contributed by atoms with van der Waals surface area (Å²) in [6.45, 7) is 5.88. The highest BCUT2D eigenvalue weighted by Crippen LogP contribution is 2.26. The van der Waals surface area contributed by atoms with E-state index in [2.05, 4.69) is 0 Å². The second-order valence-corrected chi connectivity index (χ2v) is 7.41. The Hall–Kier alpha value is -2.21. The van der Waals surface area contributed by atoms with Gasteiger partial charge in [-0.15, -0.1) is 0 Å². The highest BCUT2D eigenvalue weighted by Gasteiger charge is 2.37. The normalized spacial score (nSPS) is 17.8. The van der Waals surface area contributed by atoms with E-state index in [0.29, 0.717) is 29.2 Å². The van der Waals surface area contributed by atoms with Crippen LogP contribution in [-0.4, -0.2) is 60.4 Å². The summed E-state index contributed by atoms with van der Waals surface area (Å²) in [5, 5.41) is 0. The molecular formula is C20H26N2O4. The van der Waals surface area contributed by atoms with Crippen LogP contribution in [-0.2, 0) is 4.74 Å². The smallest absolute Gasteiger partial charge is 0.261 e. The van der Waals surface area contributed by atoms with Gasteiger partial charge >= 0.3 is 0 Å². The van der Waals surface area contributed by atoms with Crippen molar-refractivity contribution in [1.29, 1.82) is 0 Å². The second-order valence-electron chi connectivity index (χ2n) is 7.41. The van der Waals surface area contributed by atoms with E-state index in [-0.39, 0.29) is 23.8 Å². The number of imide groups is 1. The fourth-order valence-corrected chi connectivity index (χ4v) is 3.59. The number of ether oxygens (including phenoxy) is 1. The maximum Gasteiger partial charge on any atom is 0.261 e. The van der Waals surface area contributed by atoms with Crippen molar-refractivity contribution >= 4 is 17.7 Å². The SMILES string of the molecule is CC(C)N1C(=O)c2ccc(C(=O)N(C)CCC3CCOCC3)cc2C1=O. The third-order valence-corrected chi connectivity index (χ3v) is 5.24. The molecule has 3 rings (SSSR count). The van der Waals surface area contributed by atoms with Gasteiger partial charge in [0.15, 0.2) is 0 Å². The first kappa shape index (κ1) is 18.6. The molecule has 1 aromatic rings. The van der Waals surface area contributed by atoms with Gasteiger partial charge < -0.3 is 9.64 Å². The lowest BCUT2D eigenvalue weighted by molar-refractivity contribution is 0.0582. The Bertz CT molecular complexity index is 723. The minimum Gasteiger partial charge on any atom is -0.381 e. The Morgan fingerprint density at radius 2 is 1.85 bits per heavy atom. The van der Waals surface area contributed by atoms with E-state index in [1.165, 1.54) is 4.90 Å². The predicted octanol–water partition coefficient (Wildman–Crippen LogP) is 2.58. The zero-order chi connectivity index (χ0) is 18.8. The molecule has 6 nitrogen and oxygen atoms in total. The fourth-order valence-electron chi connectivity index (χ4n) is 3.59. The van der Waals surface area contributed by atoms with Crippen LogP contribution >= 0.6 is 0 Å². The van der Waals surface area contributed by atoms with Gasteiger partial charge in [0.1, 0.15) is 0 Å². The molecule has 2 heterocycles. The van der Waals surface area contributed by atoms with Crippen LogP contribution in [0.5, 0.6) is 0 Å². The molecule has 0 atom stereocenters. The number of rotatable bonds is 5. The van der Waals surface area contributed by atoms with Crippen LogP contribution in [0.4, 0.5) is 0 Å². The molecule has 140 valence electrons. The monoisotopic (exact) mass is 358 g/mol. The van der Waals surface area contributed by atoms with Crippen molar-refractivity contribution < 1.29 is 19.1 Å². The first-order valence-corrected chi connectivity index (χ1v) is 9.25. The van der Waals surface area contributed by atoms with Crippen molar-refractivity contribution in [1.82, 2.24) is 9.80 Å². The summed E-state index contributed by atoms with van der Waals surface area (Å²) in [5.74, 6) is -0.132. The van der Waals surface area contributed by atoms with Crippen molar-refractivity contribution in [3.05, 3.63) is 34.9 Å². The Morgan fingerprint density at radius 1 is 1.19 bits per heavy atom. The molecule has 1 aromatic carbocycles. The molecule has 3 amide bonds. The molecule has 1 fully saturated rings. The molecule has 0 spiro atoms. The molecular weight excluding hydrogens is 332 g/mol. The maximum atomic E-state index is 12.7. The minimum absolute atomic E-state index is 0.122. The van der Waals surface area contributed by atoms with Crippen LogP contribution in [0, 0.1) is 5.92 Å². The van der Waals surface area contributed by atoms with Gasteiger partial charge in [0, 0.05) is 38.4 Å². The summed E-state index contributed by atoms with van der Waals surface area (Å²) >= 11 is 0.